The molecule has 0 atom stereocenters. The summed E-state index contributed by atoms with van der Waals surface area (Å²) in [6.45, 7) is 20.0. The summed E-state index contributed by atoms with van der Waals surface area (Å²) in [5.41, 5.74) is 9.70. The maximum Gasteiger partial charge on any atom is 0.220 e. The summed E-state index contributed by atoms with van der Waals surface area (Å²) < 4.78 is 13.0. The van der Waals surface area contributed by atoms with E-state index in [1.807, 2.05) is 24.3 Å². The number of benzene rings is 4. The molecule has 4 aromatic carbocycles. The van der Waals surface area contributed by atoms with Crippen molar-refractivity contribution in [1.82, 2.24) is 15.0 Å². The van der Waals surface area contributed by atoms with Gasteiger partial charge in [-0.1, -0.05) is 111 Å². The summed E-state index contributed by atoms with van der Waals surface area (Å²) in [7, 11) is 0. The van der Waals surface area contributed by atoms with Gasteiger partial charge in [-0.15, -0.1) is 0 Å². The standard InChI is InChI=1S/C45H45N3O2/c1-43(2,3)31-16-12-15-28(20-31)37-25-33(45(7,8)9)26-40(48-37)49-34-22-30(21-32(24-34)44(4,5)6)41-36-18-13-17-35(42(36)47-27-46-41)39-23-29-14-10-11-19-38(29)50-39/h10-27H,1-9H3. The summed E-state index contributed by atoms with van der Waals surface area (Å²) in [6.07, 6.45) is 1.64. The van der Waals surface area contributed by atoms with Crippen molar-refractivity contribution in [2.45, 2.75) is 78.6 Å². The molecule has 7 aromatic rings. The molecule has 3 heterocycles. The van der Waals surface area contributed by atoms with E-state index in [4.69, 9.17) is 24.1 Å². The number of nitrogens with zero attached hydrogens (tertiary/aromatic N) is 3. The smallest absolute Gasteiger partial charge is 0.220 e. The van der Waals surface area contributed by atoms with E-state index >= 15 is 0 Å². The molecule has 0 fully saturated rings. The van der Waals surface area contributed by atoms with E-state index in [9.17, 15) is 0 Å². The highest BCUT2D eigenvalue weighted by molar-refractivity contribution is 6.01. The van der Waals surface area contributed by atoms with E-state index in [-0.39, 0.29) is 16.2 Å². The predicted octanol–water partition coefficient (Wildman–Crippen LogP) is 12.5. The number of fused-ring (bicyclic) bond motifs is 2. The lowest BCUT2D eigenvalue weighted by molar-refractivity contribution is 0.456. The first kappa shape index (κ1) is 33.2. The number of furan rings is 1. The predicted molar refractivity (Wildman–Crippen MR) is 206 cm³/mol. The number of ether oxygens (including phenoxy) is 1. The maximum absolute atomic E-state index is 6.74. The van der Waals surface area contributed by atoms with Gasteiger partial charge in [0.2, 0.25) is 5.88 Å². The SMILES string of the molecule is CC(C)(C)c1cccc(-c2cc(C(C)(C)C)cc(Oc3cc(-c4ncnc5c(-c6cc7ccccc7o6)cccc45)cc(C(C)(C)C)c3)n2)c1. The molecule has 252 valence electrons. The molecule has 0 aliphatic carbocycles. The van der Waals surface area contributed by atoms with Crippen molar-refractivity contribution in [2.24, 2.45) is 0 Å². The normalized spacial score (nSPS) is 12.5. The molecule has 0 unspecified atom stereocenters. The fraction of sp³-hybridized carbons (Fsp3) is 0.267. The van der Waals surface area contributed by atoms with Gasteiger partial charge in [-0.3, -0.25) is 0 Å². The van der Waals surface area contributed by atoms with Crippen molar-refractivity contribution in [2.75, 3.05) is 0 Å². The first-order chi connectivity index (χ1) is 23.6. The zero-order valence-corrected chi connectivity index (χ0v) is 30.6. The summed E-state index contributed by atoms with van der Waals surface area (Å²) in [5, 5.41) is 2.00. The third kappa shape index (κ3) is 6.65. The molecule has 0 saturated heterocycles. The summed E-state index contributed by atoms with van der Waals surface area (Å²) in [4.78, 5) is 14.7. The van der Waals surface area contributed by atoms with Crippen molar-refractivity contribution in [3.8, 4) is 45.5 Å². The number of para-hydroxylation sites is 2. The Kier molecular flexibility index (Phi) is 8.13. The van der Waals surface area contributed by atoms with Crippen LogP contribution in [-0.4, -0.2) is 15.0 Å². The first-order valence-electron chi connectivity index (χ1n) is 17.3. The Labute approximate surface area is 295 Å². The van der Waals surface area contributed by atoms with E-state index in [1.54, 1.807) is 6.33 Å². The Hall–Kier alpha value is -5.29. The first-order valence-corrected chi connectivity index (χ1v) is 17.3. The van der Waals surface area contributed by atoms with Crippen molar-refractivity contribution in [1.29, 1.82) is 0 Å². The van der Waals surface area contributed by atoms with E-state index < -0.39 is 0 Å². The number of pyridine rings is 1. The Morgan fingerprint density at radius 1 is 0.580 bits per heavy atom. The van der Waals surface area contributed by atoms with Gasteiger partial charge in [-0.2, -0.15) is 0 Å². The lowest BCUT2D eigenvalue weighted by atomic mass is 9.84. The van der Waals surface area contributed by atoms with Gasteiger partial charge >= 0.3 is 0 Å². The van der Waals surface area contributed by atoms with Crippen LogP contribution in [0, 0.1) is 0 Å². The highest BCUT2D eigenvalue weighted by Crippen LogP contribution is 2.39. The van der Waals surface area contributed by atoms with E-state index in [2.05, 4.69) is 141 Å². The van der Waals surface area contributed by atoms with Crippen LogP contribution >= 0.6 is 0 Å². The zero-order valence-electron chi connectivity index (χ0n) is 30.6. The molecular weight excluding hydrogens is 615 g/mol. The van der Waals surface area contributed by atoms with Gasteiger partial charge in [-0.25, -0.2) is 15.0 Å². The maximum atomic E-state index is 6.74. The molecule has 0 amide bonds. The van der Waals surface area contributed by atoms with Gasteiger partial charge in [0.15, 0.2) is 0 Å². The van der Waals surface area contributed by atoms with Crippen molar-refractivity contribution >= 4 is 21.9 Å². The second-order valence-corrected chi connectivity index (χ2v) is 16.3. The fourth-order valence-corrected chi connectivity index (χ4v) is 6.26. The molecule has 5 nitrogen and oxygen atoms in total. The summed E-state index contributed by atoms with van der Waals surface area (Å²) in [5.74, 6) is 2.05. The van der Waals surface area contributed by atoms with Crippen molar-refractivity contribution in [3.63, 3.8) is 0 Å². The van der Waals surface area contributed by atoms with E-state index in [0.717, 1.165) is 66.8 Å². The van der Waals surface area contributed by atoms with Crippen LogP contribution in [-0.2, 0) is 16.2 Å². The lowest BCUT2D eigenvalue weighted by Gasteiger charge is -2.23. The number of aromatic nitrogens is 3. The Balaban J connectivity index is 1.35. The van der Waals surface area contributed by atoms with Gasteiger partial charge in [0.05, 0.1) is 16.9 Å². The number of hydrogen-bond donors (Lipinski definition) is 0. The lowest BCUT2D eigenvalue weighted by Crippen LogP contribution is -2.13. The van der Waals surface area contributed by atoms with Crippen LogP contribution in [0.25, 0.3) is 55.7 Å². The average molecular weight is 660 g/mol. The van der Waals surface area contributed by atoms with Crippen LogP contribution in [0.3, 0.4) is 0 Å². The quantitative estimate of drug-likeness (QED) is 0.184. The highest BCUT2D eigenvalue weighted by Gasteiger charge is 2.22. The highest BCUT2D eigenvalue weighted by atomic mass is 16.5. The molecular formula is C45H45N3O2. The van der Waals surface area contributed by atoms with Crippen LogP contribution in [0.15, 0.2) is 114 Å². The molecule has 0 aliphatic rings. The van der Waals surface area contributed by atoms with Crippen molar-refractivity contribution in [3.05, 3.63) is 126 Å². The largest absolute Gasteiger partial charge is 0.456 e. The van der Waals surface area contributed by atoms with Gasteiger partial charge < -0.3 is 9.15 Å². The molecule has 0 radical (unpaired) electrons. The van der Waals surface area contributed by atoms with E-state index in [0.29, 0.717) is 11.6 Å². The molecule has 0 saturated carbocycles. The van der Waals surface area contributed by atoms with Crippen molar-refractivity contribution < 1.29 is 9.15 Å². The van der Waals surface area contributed by atoms with Gasteiger partial charge in [0, 0.05) is 33.5 Å². The average Bonchev–Trinajstić information content (AvgIpc) is 3.51. The zero-order chi connectivity index (χ0) is 35.4. The number of hydrogen-bond acceptors (Lipinski definition) is 5. The second kappa shape index (κ2) is 12.2. The van der Waals surface area contributed by atoms with Crippen LogP contribution in [0.1, 0.15) is 79.0 Å². The van der Waals surface area contributed by atoms with Gasteiger partial charge in [0.25, 0.3) is 0 Å². The minimum Gasteiger partial charge on any atom is -0.456 e. The molecule has 0 N–H and O–H groups in total. The third-order valence-electron chi connectivity index (χ3n) is 9.32. The minimum absolute atomic E-state index is 0.0266. The molecule has 5 heteroatoms. The van der Waals surface area contributed by atoms with Crippen LogP contribution in [0.5, 0.6) is 11.6 Å². The van der Waals surface area contributed by atoms with Gasteiger partial charge in [0.1, 0.15) is 23.4 Å². The minimum atomic E-state index is -0.143. The summed E-state index contributed by atoms with van der Waals surface area (Å²) >= 11 is 0. The molecule has 0 aliphatic heterocycles. The summed E-state index contributed by atoms with van der Waals surface area (Å²) in [6, 6.07) is 35.6. The molecule has 3 aromatic heterocycles. The Morgan fingerprint density at radius 2 is 1.28 bits per heavy atom. The van der Waals surface area contributed by atoms with Crippen LogP contribution in [0.2, 0.25) is 0 Å². The Bertz CT molecular complexity index is 2330. The molecule has 0 spiro atoms. The third-order valence-corrected chi connectivity index (χ3v) is 9.32. The van der Waals surface area contributed by atoms with Crippen LogP contribution < -0.4 is 4.74 Å². The molecule has 7 rings (SSSR count). The fourth-order valence-electron chi connectivity index (χ4n) is 6.26. The molecule has 50 heavy (non-hydrogen) atoms. The second-order valence-electron chi connectivity index (χ2n) is 16.3. The topological polar surface area (TPSA) is 61.0 Å². The molecule has 0 bridgehead atoms. The van der Waals surface area contributed by atoms with Gasteiger partial charge in [-0.05, 0) is 81.5 Å². The Morgan fingerprint density at radius 3 is 2.02 bits per heavy atom. The number of rotatable bonds is 5. The van der Waals surface area contributed by atoms with Crippen LogP contribution in [0.4, 0.5) is 0 Å². The van der Waals surface area contributed by atoms with E-state index in [1.165, 1.54) is 5.56 Å². The monoisotopic (exact) mass is 659 g/mol.